The highest BCUT2D eigenvalue weighted by atomic mass is 16.5. The van der Waals surface area contributed by atoms with Crippen molar-refractivity contribution in [1.82, 2.24) is 14.8 Å². The monoisotopic (exact) mass is 437 g/mol. The number of rotatable bonds is 4. The van der Waals surface area contributed by atoms with Crippen molar-refractivity contribution in [3.8, 4) is 17.6 Å². The van der Waals surface area contributed by atoms with Gasteiger partial charge in [0.2, 0.25) is 0 Å². The average Bonchev–Trinajstić information content (AvgIpc) is 2.85. The van der Waals surface area contributed by atoms with E-state index in [9.17, 15) is 0 Å². The van der Waals surface area contributed by atoms with Gasteiger partial charge in [-0.15, -0.1) is 0 Å². The van der Waals surface area contributed by atoms with E-state index < -0.39 is 0 Å². The van der Waals surface area contributed by atoms with Crippen LogP contribution in [0.2, 0.25) is 0 Å². The number of benzene rings is 2. The molecule has 33 heavy (non-hydrogen) atoms. The molecule has 1 aromatic heterocycles. The van der Waals surface area contributed by atoms with Crippen molar-refractivity contribution in [2.24, 2.45) is 0 Å². The predicted octanol–water partition coefficient (Wildman–Crippen LogP) is 4.55. The van der Waals surface area contributed by atoms with Gasteiger partial charge in [0, 0.05) is 55.1 Å². The van der Waals surface area contributed by atoms with E-state index in [1.165, 1.54) is 37.1 Å². The molecule has 0 radical (unpaired) electrons. The topological polar surface area (TPSA) is 28.6 Å². The molecule has 0 saturated carbocycles. The molecule has 4 nitrogen and oxygen atoms in total. The third kappa shape index (κ3) is 5.27. The first-order valence-electron chi connectivity index (χ1n) is 11.9. The number of ether oxygens (including phenoxy) is 1. The van der Waals surface area contributed by atoms with Gasteiger partial charge in [-0.1, -0.05) is 36.1 Å². The molecule has 0 unspecified atom stereocenters. The lowest BCUT2D eigenvalue weighted by Gasteiger charge is -2.51. The van der Waals surface area contributed by atoms with Crippen molar-refractivity contribution in [2.45, 2.75) is 31.3 Å². The van der Waals surface area contributed by atoms with Gasteiger partial charge in [-0.05, 0) is 73.5 Å². The molecule has 2 saturated heterocycles. The van der Waals surface area contributed by atoms with Gasteiger partial charge >= 0.3 is 0 Å². The Kier molecular flexibility index (Phi) is 6.71. The summed E-state index contributed by atoms with van der Waals surface area (Å²) in [6.45, 7) is 5.65. The van der Waals surface area contributed by atoms with Crippen LogP contribution in [0.4, 0.5) is 0 Å². The highest BCUT2D eigenvalue weighted by Crippen LogP contribution is 2.36. The summed E-state index contributed by atoms with van der Waals surface area (Å²) < 4.78 is 5.43. The van der Waals surface area contributed by atoms with Gasteiger partial charge in [-0.25, -0.2) is 0 Å². The predicted molar refractivity (Wildman–Crippen MR) is 132 cm³/mol. The zero-order chi connectivity index (χ0) is 22.5. The molecule has 2 fully saturated rings. The van der Waals surface area contributed by atoms with Crippen molar-refractivity contribution >= 4 is 0 Å². The van der Waals surface area contributed by atoms with E-state index in [4.69, 9.17) is 4.74 Å². The number of nitrogens with zero attached hydrogens (tertiary/aromatic N) is 3. The van der Waals surface area contributed by atoms with Crippen molar-refractivity contribution in [1.29, 1.82) is 0 Å². The van der Waals surface area contributed by atoms with Crippen LogP contribution in [0, 0.1) is 11.8 Å². The molecule has 0 aliphatic carbocycles. The number of methoxy groups -OCH3 is 1. The average molecular weight is 438 g/mol. The van der Waals surface area contributed by atoms with Crippen LogP contribution in [0.5, 0.6) is 5.75 Å². The molecular weight excluding hydrogens is 406 g/mol. The summed E-state index contributed by atoms with van der Waals surface area (Å²) in [5.41, 5.74) is 4.76. The first-order valence-corrected chi connectivity index (χ1v) is 11.9. The smallest absolute Gasteiger partial charge is 0.119 e. The third-order valence-corrected chi connectivity index (χ3v) is 6.87. The quantitative estimate of drug-likeness (QED) is 0.560. The molecule has 3 aromatic rings. The van der Waals surface area contributed by atoms with E-state index in [2.05, 4.69) is 69.1 Å². The molecule has 168 valence electrons. The second-order valence-electron chi connectivity index (χ2n) is 9.08. The first-order chi connectivity index (χ1) is 16.3. The highest BCUT2D eigenvalue weighted by molar-refractivity contribution is 5.43. The first kappa shape index (κ1) is 21.7. The summed E-state index contributed by atoms with van der Waals surface area (Å²) in [5.74, 6) is 7.99. The zero-order valence-corrected chi connectivity index (χ0v) is 19.3. The number of hydrogen-bond acceptors (Lipinski definition) is 4. The minimum absolute atomic E-state index is 0.586. The van der Waals surface area contributed by atoms with Crippen LogP contribution >= 0.6 is 0 Å². The molecule has 3 heterocycles. The Bertz CT molecular complexity index is 1120. The summed E-state index contributed by atoms with van der Waals surface area (Å²) >= 11 is 0. The van der Waals surface area contributed by atoms with E-state index in [-0.39, 0.29) is 0 Å². The standard InChI is InChI=1S/C29H31N3O/c1-33-27-8-4-6-25(18-27)20-31-16-2-3-17-32-21-28(29(32)22-31)26-13-11-23(12-14-26)9-10-24-7-5-15-30-19-24/h4-8,11-15,18-19,28-29H,2-3,16-17,20-22H2,1H3/t28-,29+/m0/s1. The Morgan fingerprint density at radius 1 is 0.939 bits per heavy atom. The largest absolute Gasteiger partial charge is 0.497 e. The van der Waals surface area contributed by atoms with Crippen molar-refractivity contribution in [3.05, 3.63) is 95.3 Å². The number of hydrogen-bond donors (Lipinski definition) is 0. The normalized spacial score (nSPS) is 21.0. The second-order valence-corrected chi connectivity index (χ2v) is 9.08. The number of pyridine rings is 1. The molecule has 0 bridgehead atoms. The van der Waals surface area contributed by atoms with Gasteiger partial charge in [0.05, 0.1) is 7.11 Å². The molecule has 2 aliphatic heterocycles. The summed E-state index contributed by atoms with van der Waals surface area (Å²) in [6.07, 6.45) is 6.12. The lowest BCUT2D eigenvalue weighted by molar-refractivity contribution is 0.0143. The third-order valence-electron chi connectivity index (χ3n) is 6.87. The van der Waals surface area contributed by atoms with Crippen molar-refractivity contribution in [2.75, 3.05) is 33.3 Å². The molecular formula is C29H31N3O. The molecule has 4 heteroatoms. The van der Waals surface area contributed by atoms with Crippen LogP contribution in [0.1, 0.15) is 41.0 Å². The molecule has 0 N–H and O–H groups in total. The van der Waals surface area contributed by atoms with Gasteiger partial charge in [0.15, 0.2) is 0 Å². The van der Waals surface area contributed by atoms with E-state index in [0.717, 1.165) is 36.5 Å². The molecule has 0 spiro atoms. The second kappa shape index (κ2) is 10.2. The summed E-state index contributed by atoms with van der Waals surface area (Å²) in [6, 6.07) is 21.9. The lowest BCUT2D eigenvalue weighted by Crippen LogP contribution is -2.60. The van der Waals surface area contributed by atoms with Crippen LogP contribution in [-0.4, -0.2) is 54.1 Å². The summed E-state index contributed by atoms with van der Waals surface area (Å²) in [7, 11) is 1.74. The maximum Gasteiger partial charge on any atom is 0.119 e. The van der Waals surface area contributed by atoms with E-state index in [0.29, 0.717) is 12.0 Å². The fourth-order valence-corrected chi connectivity index (χ4v) is 5.03. The molecule has 2 atom stereocenters. The van der Waals surface area contributed by atoms with E-state index >= 15 is 0 Å². The lowest BCUT2D eigenvalue weighted by atomic mass is 9.81. The minimum atomic E-state index is 0.586. The maximum absolute atomic E-state index is 5.43. The van der Waals surface area contributed by atoms with E-state index in [1.807, 2.05) is 18.2 Å². The number of aromatic nitrogens is 1. The van der Waals surface area contributed by atoms with Crippen LogP contribution in [0.3, 0.4) is 0 Å². The van der Waals surface area contributed by atoms with Crippen molar-refractivity contribution in [3.63, 3.8) is 0 Å². The Balaban J connectivity index is 1.26. The Labute approximate surface area is 197 Å². The van der Waals surface area contributed by atoms with Crippen LogP contribution in [0.15, 0.2) is 73.1 Å². The van der Waals surface area contributed by atoms with Crippen LogP contribution in [-0.2, 0) is 6.54 Å². The minimum Gasteiger partial charge on any atom is -0.497 e. The molecule has 2 aromatic carbocycles. The fourth-order valence-electron chi connectivity index (χ4n) is 5.03. The maximum atomic E-state index is 5.43. The Morgan fingerprint density at radius 3 is 2.61 bits per heavy atom. The summed E-state index contributed by atoms with van der Waals surface area (Å²) in [4.78, 5) is 9.44. The van der Waals surface area contributed by atoms with Gasteiger partial charge in [0.25, 0.3) is 0 Å². The van der Waals surface area contributed by atoms with Crippen molar-refractivity contribution < 1.29 is 4.74 Å². The van der Waals surface area contributed by atoms with E-state index in [1.54, 1.807) is 19.5 Å². The van der Waals surface area contributed by atoms with Gasteiger partial charge in [0.1, 0.15) is 5.75 Å². The zero-order valence-electron chi connectivity index (χ0n) is 19.3. The van der Waals surface area contributed by atoms with Gasteiger partial charge in [-0.2, -0.15) is 0 Å². The van der Waals surface area contributed by atoms with Gasteiger partial charge in [-0.3, -0.25) is 14.8 Å². The number of fused-ring (bicyclic) bond motifs is 1. The summed E-state index contributed by atoms with van der Waals surface area (Å²) in [5, 5.41) is 0. The fraction of sp³-hybridized carbons (Fsp3) is 0.345. The molecule has 5 rings (SSSR count). The molecule has 2 aliphatic rings. The van der Waals surface area contributed by atoms with Crippen LogP contribution in [0.25, 0.3) is 0 Å². The Morgan fingerprint density at radius 2 is 1.79 bits per heavy atom. The highest BCUT2D eigenvalue weighted by Gasteiger charge is 2.40. The molecule has 0 amide bonds. The SMILES string of the molecule is COc1cccc(CN2CCCCN3C[C@@H](c4ccc(C#Cc5cccnc5)cc4)[C@H]3C2)c1. The Hall–Kier alpha value is -3.13. The van der Waals surface area contributed by atoms with Crippen LogP contribution < -0.4 is 4.74 Å². The van der Waals surface area contributed by atoms with Gasteiger partial charge < -0.3 is 4.74 Å².